The van der Waals surface area contributed by atoms with Crippen molar-refractivity contribution in [2.24, 2.45) is 0 Å². The Hall–Kier alpha value is -2.89. The van der Waals surface area contributed by atoms with Gasteiger partial charge in [0.1, 0.15) is 5.75 Å². The Labute approximate surface area is 140 Å². The quantitative estimate of drug-likeness (QED) is 0.850. The largest absolute Gasteiger partial charge is 0.497 e. The molecule has 0 saturated carbocycles. The van der Waals surface area contributed by atoms with Gasteiger partial charge in [0, 0.05) is 29.9 Å². The van der Waals surface area contributed by atoms with E-state index in [9.17, 15) is 9.59 Å². The monoisotopic (exact) mass is 328 g/mol. The number of aromatic nitrogens is 1. The molecule has 1 atom stereocenters. The maximum absolute atomic E-state index is 12.4. The first-order chi connectivity index (χ1) is 11.4. The van der Waals surface area contributed by atoms with Gasteiger partial charge in [-0.25, -0.2) is 4.79 Å². The SMILES string of the molecule is COc1cc(C(=O)O)cc(C(=O)N[C@H](C)Cc2ncccc2C)c1. The predicted molar refractivity (Wildman–Crippen MR) is 89.6 cm³/mol. The fourth-order valence-electron chi connectivity index (χ4n) is 2.35. The maximum atomic E-state index is 12.4. The molecule has 0 aliphatic heterocycles. The number of aryl methyl sites for hydroxylation is 1. The third kappa shape index (κ3) is 4.32. The van der Waals surface area contributed by atoms with Gasteiger partial charge in [0.25, 0.3) is 5.91 Å². The standard InChI is InChI=1S/C18H20N2O4/c1-11-5-4-6-19-16(11)7-12(2)20-17(21)13-8-14(18(22)23)10-15(9-13)24-3/h4-6,8-10,12H,7H2,1-3H3,(H,20,21)(H,22,23)/t12-/m1/s1. The molecule has 2 N–H and O–H groups in total. The molecular formula is C18H20N2O4. The fourth-order valence-corrected chi connectivity index (χ4v) is 2.35. The number of methoxy groups -OCH3 is 1. The molecule has 1 aromatic heterocycles. The van der Waals surface area contributed by atoms with Crippen molar-refractivity contribution in [2.45, 2.75) is 26.3 Å². The summed E-state index contributed by atoms with van der Waals surface area (Å²) in [5, 5.41) is 12.0. The summed E-state index contributed by atoms with van der Waals surface area (Å²) < 4.78 is 5.06. The Bertz CT molecular complexity index is 758. The van der Waals surface area contributed by atoms with E-state index in [1.54, 1.807) is 6.20 Å². The van der Waals surface area contributed by atoms with Gasteiger partial charge < -0.3 is 15.2 Å². The van der Waals surface area contributed by atoms with Gasteiger partial charge in [-0.15, -0.1) is 0 Å². The number of carbonyl (C=O) groups is 2. The van der Waals surface area contributed by atoms with E-state index >= 15 is 0 Å². The maximum Gasteiger partial charge on any atom is 0.335 e. The molecule has 0 radical (unpaired) electrons. The second kappa shape index (κ2) is 7.59. The number of aromatic carboxylic acids is 1. The fraction of sp³-hybridized carbons (Fsp3) is 0.278. The number of carbonyl (C=O) groups excluding carboxylic acids is 1. The Morgan fingerprint density at radius 2 is 2.00 bits per heavy atom. The smallest absolute Gasteiger partial charge is 0.335 e. The molecular weight excluding hydrogens is 308 g/mol. The summed E-state index contributed by atoms with van der Waals surface area (Å²) in [6.45, 7) is 3.85. The molecule has 0 unspecified atom stereocenters. The van der Waals surface area contributed by atoms with E-state index < -0.39 is 5.97 Å². The third-order valence-electron chi connectivity index (χ3n) is 3.65. The first-order valence-corrected chi connectivity index (χ1v) is 7.54. The minimum absolute atomic E-state index is 0.00715. The van der Waals surface area contributed by atoms with Crippen molar-refractivity contribution in [3.8, 4) is 5.75 Å². The molecule has 24 heavy (non-hydrogen) atoms. The summed E-state index contributed by atoms with van der Waals surface area (Å²) in [7, 11) is 1.43. The summed E-state index contributed by atoms with van der Waals surface area (Å²) in [5.74, 6) is -1.13. The minimum atomic E-state index is -1.11. The molecule has 126 valence electrons. The summed E-state index contributed by atoms with van der Waals surface area (Å²) in [4.78, 5) is 27.9. The molecule has 0 fully saturated rings. The lowest BCUT2D eigenvalue weighted by Gasteiger charge is -2.15. The summed E-state index contributed by atoms with van der Waals surface area (Å²) in [5.41, 5.74) is 2.24. The normalized spacial score (nSPS) is 11.6. The Balaban J connectivity index is 2.13. The summed E-state index contributed by atoms with van der Waals surface area (Å²) in [6, 6.07) is 7.91. The van der Waals surface area contributed by atoms with Crippen LogP contribution in [0.25, 0.3) is 0 Å². The highest BCUT2D eigenvalue weighted by molar-refractivity contribution is 5.98. The summed E-state index contributed by atoms with van der Waals surface area (Å²) in [6.07, 6.45) is 2.31. The highest BCUT2D eigenvalue weighted by Gasteiger charge is 2.15. The zero-order valence-corrected chi connectivity index (χ0v) is 13.9. The van der Waals surface area contributed by atoms with Gasteiger partial charge in [-0.05, 0) is 43.7 Å². The molecule has 1 aromatic carbocycles. The lowest BCUT2D eigenvalue weighted by molar-refractivity contribution is 0.0696. The molecule has 2 rings (SSSR count). The van der Waals surface area contributed by atoms with Crippen LogP contribution < -0.4 is 10.1 Å². The molecule has 0 aliphatic carbocycles. The number of hydrogen-bond acceptors (Lipinski definition) is 4. The van der Waals surface area contributed by atoms with Crippen molar-refractivity contribution < 1.29 is 19.4 Å². The first-order valence-electron chi connectivity index (χ1n) is 7.54. The van der Waals surface area contributed by atoms with E-state index in [1.807, 2.05) is 26.0 Å². The predicted octanol–water partition coefficient (Wildman–Crippen LogP) is 2.46. The topological polar surface area (TPSA) is 88.5 Å². The number of rotatable bonds is 6. The van der Waals surface area contributed by atoms with Crippen molar-refractivity contribution >= 4 is 11.9 Å². The minimum Gasteiger partial charge on any atom is -0.497 e. The molecule has 6 heteroatoms. The lowest BCUT2D eigenvalue weighted by Crippen LogP contribution is -2.34. The van der Waals surface area contributed by atoms with Gasteiger partial charge in [-0.1, -0.05) is 6.07 Å². The van der Waals surface area contributed by atoms with Crippen LogP contribution in [0.1, 0.15) is 38.9 Å². The Kier molecular flexibility index (Phi) is 5.52. The second-order valence-corrected chi connectivity index (χ2v) is 5.60. The number of amides is 1. The molecule has 1 amide bonds. The Morgan fingerprint density at radius 3 is 2.62 bits per heavy atom. The van der Waals surface area contributed by atoms with Gasteiger partial charge in [-0.3, -0.25) is 9.78 Å². The van der Waals surface area contributed by atoms with Crippen LogP contribution in [0.3, 0.4) is 0 Å². The van der Waals surface area contributed by atoms with Crippen molar-refractivity contribution in [1.29, 1.82) is 0 Å². The van der Waals surface area contributed by atoms with Gasteiger partial charge in [-0.2, -0.15) is 0 Å². The van der Waals surface area contributed by atoms with E-state index in [0.29, 0.717) is 12.2 Å². The molecule has 1 heterocycles. The van der Waals surface area contributed by atoms with Crippen LogP contribution in [0, 0.1) is 6.92 Å². The Morgan fingerprint density at radius 1 is 1.29 bits per heavy atom. The van der Waals surface area contributed by atoms with Crippen molar-refractivity contribution in [3.63, 3.8) is 0 Å². The number of carboxylic acid groups (broad SMARTS) is 1. The molecule has 0 spiro atoms. The summed E-state index contributed by atoms with van der Waals surface area (Å²) >= 11 is 0. The zero-order chi connectivity index (χ0) is 17.7. The average molecular weight is 328 g/mol. The van der Waals surface area contributed by atoms with Crippen LogP contribution in [0.4, 0.5) is 0 Å². The molecule has 0 saturated heterocycles. The van der Waals surface area contributed by atoms with Gasteiger partial charge in [0.15, 0.2) is 0 Å². The van der Waals surface area contributed by atoms with Crippen LogP contribution in [0.15, 0.2) is 36.5 Å². The third-order valence-corrected chi connectivity index (χ3v) is 3.65. The van der Waals surface area contributed by atoms with Crippen LogP contribution in [0.5, 0.6) is 5.75 Å². The van der Waals surface area contributed by atoms with Gasteiger partial charge in [0.05, 0.1) is 12.7 Å². The number of benzene rings is 1. The van der Waals surface area contributed by atoms with Gasteiger partial charge >= 0.3 is 5.97 Å². The number of hydrogen-bond donors (Lipinski definition) is 2. The number of carboxylic acids is 1. The highest BCUT2D eigenvalue weighted by atomic mass is 16.5. The molecule has 2 aromatic rings. The number of nitrogens with one attached hydrogen (secondary N) is 1. The van der Waals surface area contributed by atoms with Crippen LogP contribution in [-0.2, 0) is 6.42 Å². The van der Waals surface area contributed by atoms with E-state index in [0.717, 1.165) is 11.3 Å². The average Bonchev–Trinajstić information content (AvgIpc) is 2.56. The number of nitrogens with zero attached hydrogens (tertiary/aromatic N) is 1. The van der Waals surface area contributed by atoms with Crippen LogP contribution in [-0.4, -0.2) is 35.1 Å². The van der Waals surface area contributed by atoms with Crippen molar-refractivity contribution in [2.75, 3.05) is 7.11 Å². The second-order valence-electron chi connectivity index (χ2n) is 5.60. The highest BCUT2D eigenvalue weighted by Crippen LogP contribution is 2.17. The van der Waals surface area contributed by atoms with Crippen LogP contribution in [0.2, 0.25) is 0 Å². The number of ether oxygens (including phenoxy) is 1. The van der Waals surface area contributed by atoms with E-state index in [1.165, 1.54) is 25.3 Å². The molecule has 6 nitrogen and oxygen atoms in total. The lowest BCUT2D eigenvalue weighted by atomic mass is 10.1. The molecule has 0 aliphatic rings. The first kappa shape index (κ1) is 17.5. The van der Waals surface area contributed by atoms with Crippen molar-refractivity contribution in [3.05, 3.63) is 58.9 Å². The van der Waals surface area contributed by atoms with E-state index in [-0.39, 0.29) is 23.1 Å². The van der Waals surface area contributed by atoms with E-state index in [2.05, 4.69) is 10.3 Å². The number of pyridine rings is 1. The molecule has 0 bridgehead atoms. The zero-order valence-electron chi connectivity index (χ0n) is 13.9. The van der Waals surface area contributed by atoms with E-state index in [4.69, 9.17) is 9.84 Å². The van der Waals surface area contributed by atoms with Crippen LogP contribution >= 0.6 is 0 Å². The van der Waals surface area contributed by atoms with Crippen molar-refractivity contribution in [1.82, 2.24) is 10.3 Å². The van der Waals surface area contributed by atoms with Gasteiger partial charge in [0.2, 0.25) is 0 Å².